The maximum Gasteiger partial charge on any atom is 0.312 e. The van der Waals surface area contributed by atoms with E-state index in [0.29, 0.717) is 24.5 Å². The molecule has 2 unspecified atom stereocenters. The highest BCUT2D eigenvalue weighted by atomic mass is 32.2. The third kappa shape index (κ3) is 9.32. The van der Waals surface area contributed by atoms with Crippen LogP contribution < -0.4 is 5.73 Å². The summed E-state index contributed by atoms with van der Waals surface area (Å²) in [4.78, 5) is 36.3. The van der Waals surface area contributed by atoms with Gasteiger partial charge in [0.15, 0.2) is 0 Å². The van der Waals surface area contributed by atoms with Crippen LogP contribution in [0.5, 0.6) is 0 Å². The average molecular weight is 427 g/mol. The molecule has 0 heterocycles. The molecule has 0 saturated carbocycles. The molecule has 0 spiro atoms. The van der Waals surface area contributed by atoms with E-state index in [1.165, 1.54) is 18.9 Å². The smallest absolute Gasteiger partial charge is 0.312 e. The Morgan fingerprint density at radius 3 is 2.48 bits per heavy atom. The van der Waals surface area contributed by atoms with E-state index in [1.807, 2.05) is 30.3 Å². The molecule has 0 radical (unpaired) electrons. The molecule has 0 bridgehead atoms. The number of carbonyl (C=O) groups is 3. The molecule has 0 aromatic heterocycles. The summed E-state index contributed by atoms with van der Waals surface area (Å²) in [5.41, 5.74) is 3.71. The van der Waals surface area contributed by atoms with Gasteiger partial charge in [-0.2, -0.15) is 11.8 Å². The van der Waals surface area contributed by atoms with Crippen LogP contribution in [-0.4, -0.2) is 49.7 Å². The van der Waals surface area contributed by atoms with Crippen molar-refractivity contribution < 1.29 is 34.3 Å². The van der Waals surface area contributed by atoms with Gasteiger partial charge in [0.2, 0.25) is 0 Å². The fraction of sp³-hybridized carbons (Fsp3) is 0.571. The van der Waals surface area contributed by atoms with Crippen LogP contribution >= 0.6 is 11.8 Å². The van der Waals surface area contributed by atoms with Crippen molar-refractivity contribution in [2.45, 2.75) is 33.3 Å². The van der Waals surface area contributed by atoms with Gasteiger partial charge in [-0.1, -0.05) is 37.3 Å². The third-order valence-corrected chi connectivity index (χ3v) is 5.69. The van der Waals surface area contributed by atoms with Crippen LogP contribution in [0.2, 0.25) is 0 Å². The highest BCUT2D eigenvalue weighted by Crippen LogP contribution is 2.33. The zero-order valence-electron chi connectivity index (χ0n) is 17.5. The predicted octanol–water partition coefficient (Wildman–Crippen LogP) is 1.84. The maximum absolute atomic E-state index is 12.6. The minimum atomic E-state index is -0.874. The molecule has 2 atom stereocenters. The van der Waals surface area contributed by atoms with Crippen molar-refractivity contribution in [2.75, 3.05) is 31.8 Å². The fourth-order valence-corrected chi connectivity index (χ4v) is 3.87. The van der Waals surface area contributed by atoms with Gasteiger partial charge in [-0.25, -0.2) is 0 Å². The minimum absolute atomic E-state index is 0.195. The minimum Gasteiger partial charge on any atom is -0.469 e. The Hall–Kier alpha value is -2.06. The molecule has 0 aliphatic carbocycles. The van der Waals surface area contributed by atoms with E-state index in [9.17, 15) is 14.4 Å². The number of hydrogen-bond donors (Lipinski definition) is 1. The molecule has 1 rings (SSSR count). The van der Waals surface area contributed by atoms with E-state index in [0.717, 1.165) is 5.56 Å². The van der Waals surface area contributed by atoms with Crippen molar-refractivity contribution in [3.63, 3.8) is 0 Å². The van der Waals surface area contributed by atoms with Crippen LogP contribution in [0.3, 0.4) is 0 Å². The molecule has 29 heavy (non-hydrogen) atoms. The van der Waals surface area contributed by atoms with Crippen LogP contribution in [0.4, 0.5) is 0 Å². The van der Waals surface area contributed by atoms with Crippen molar-refractivity contribution in [3.05, 3.63) is 35.9 Å². The Balaban J connectivity index is 2.66. The quantitative estimate of drug-likeness (QED) is 0.291. The number of esters is 3. The van der Waals surface area contributed by atoms with E-state index in [4.69, 9.17) is 9.47 Å². The number of rotatable bonds is 13. The number of hydrogen-bond acceptors (Lipinski definition) is 7. The first-order valence-electron chi connectivity index (χ1n) is 9.64. The fourth-order valence-electron chi connectivity index (χ4n) is 2.73. The second-order valence-electron chi connectivity index (χ2n) is 7.13. The van der Waals surface area contributed by atoms with Gasteiger partial charge in [-0.3, -0.25) is 14.4 Å². The summed E-state index contributed by atoms with van der Waals surface area (Å²) in [6.07, 6.45) is 0.557. The number of ether oxygens (including phenoxy) is 3. The Kier molecular flexibility index (Phi) is 11.4. The Labute approximate surface area is 176 Å². The molecular weight excluding hydrogens is 394 g/mol. The van der Waals surface area contributed by atoms with Crippen LogP contribution in [0.15, 0.2) is 30.3 Å². The highest BCUT2D eigenvalue weighted by molar-refractivity contribution is 7.99. The van der Waals surface area contributed by atoms with Crippen LogP contribution in [0.25, 0.3) is 0 Å². The first kappa shape index (κ1) is 25.0. The Morgan fingerprint density at radius 1 is 1.17 bits per heavy atom. The average Bonchev–Trinajstić information content (AvgIpc) is 2.73. The van der Waals surface area contributed by atoms with Gasteiger partial charge < -0.3 is 19.9 Å². The first-order valence-corrected chi connectivity index (χ1v) is 10.8. The summed E-state index contributed by atoms with van der Waals surface area (Å²) < 4.78 is 15.3. The summed E-state index contributed by atoms with van der Waals surface area (Å²) >= 11 is 1.46. The van der Waals surface area contributed by atoms with E-state index in [1.54, 1.807) is 13.8 Å². The molecule has 7 nitrogen and oxygen atoms in total. The molecule has 8 heteroatoms. The van der Waals surface area contributed by atoms with Gasteiger partial charge >= 0.3 is 17.9 Å². The standard InChI is InChI=1S/C21H31NO6S/c1-16(19(24)28-14-17-7-5-4-6-8-17)13-21(2,20(25)27-11-10-22)15-29-12-9-18(23)26-3/h4-8,16H,9-15,22H2,1-3H3/p+1. The molecular formula is C21H32NO6S+. The molecule has 0 aliphatic heterocycles. The number of quaternary nitrogens is 1. The van der Waals surface area contributed by atoms with E-state index < -0.39 is 11.3 Å². The molecule has 0 aliphatic rings. The van der Waals surface area contributed by atoms with Crippen molar-refractivity contribution in [2.24, 2.45) is 11.3 Å². The van der Waals surface area contributed by atoms with Gasteiger partial charge in [0.25, 0.3) is 0 Å². The number of carbonyl (C=O) groups excluding carboxylic acids is 3. The van der Waals surface area contributed by atoms with Crippen molar-refractivity contribution >= 4 is 29.7 Å². The lowest BCUT2D eigenvalue weighted by atomic mass is 9.83. The largest absolute Gasteiger partial charge is 0.469 e. The van der Waals surface area contributed by atoms with Gasteiger partial charge in [0.05, 0.1) is 24.9 Å². The van der Waals surface area contributed by atoms with Gasteiger partial charge in [-0.15, -0.1) is 0 Å². The second-order valence-corrected chi connectivity index (χ2v) is 8.23. The predicted molar refractivity (Wildman–Crippen MR) is 111 cm³/mol. The summed E-state index contributed by atoms with van der Waals surface area (Å²) in [6.45, 7) is 4.44. The lowest BCUT2D eigenvalue weighted by molar-refractivity contribution is -0.372. The lowest BCUT2D eigenvalue weighted by Gasteiger charge is -2.29. The summed E-state index contributed by atoms with van der Waals surface area (Å²) in [5, 5.41) is 0. The van der Waals surface area contributed by atoms with Crippen molar-refractivity contribution in [1.29, 1.82) is 0 Å². The summed E-state index contributed by atoms with van der Waals surface area (Å²) in [7, 11) is 1.34. The first-order chi connectivity index (χ1) is 13.8. The molecule has 0 fully saturated rings. The number of benzene rings is 1. The van der Waals surface area contributed by atoms with Gasteiger partial charge in [0.1, 0.15) is 19.8 Å². The zero-order chi connectivity index (χ0) is 21.7. The Bertz CT molecular complexity index is 654. The Morgan fingerprint density at radius 2 is 1.86 bits per heavy atom. The van der Waals surface area contributed by atoms with Crippen molar-refractivity contribution in [1.82, 2.24) is 0 Å². The molecule has 0 amide bonds. The summed E-state index contributed by atoms with van der Waals surface area (Å²) in [5.74, 6) is -0.540. The van der Waals surface area contributed by atoms with E-state index in [-0.39, 0.29) is 37.5 Å². The number of thioether (sulfide) groups is 1. The molecule has 0 saturated heterocycles. The second kappa shape index (κ2) is 13.2. The molecule has 1 aromatic rings. The summed E-state index contributed by atoms with van der Waals surface area (Å²) in [6, 6.07) is 9.43. The number of methoxy groups -OCH3 is 1. The molecule has 3 N–H and O–H groups in total. The van der Waals surface area contributed by atoms with Gasteiger partial charge in [-0.05, 0) is 18.9 Å². The van der Waals surface area contributed by atoms with Crippen LogP contribution in [-0.2, 0) is 35.2 Å². The SMILES string of the molecule is COC(=O)CCSCC(C)(CC(C)C(=O)OCc1ccccc1)C(=O)OCC[NH3+]. The normalized spacial score (nSPS) is 13.8. The zero-order valence-corrected chi connectivity index (χ0v) is 18.3. The van der Waals surface area contributed by atoms with Crippen molar-refractivity contribution in [3.8, 4) is 0 Å². The maximum atomic E-state index is 12.6. The van der Waals surface area contributed by atoms with Crippen LogP contribution in [0.1, 0.15) is 32.3 Å². The van der Waals surface area contributed by atoms with E-state index in [2.05, 4.69) is 10.5 Å². The highest BCUT2D eigenvalue weighted by Gasteiger charge is 2.38. The topological polar surface area (TPSA) is 107 Å². The van der Waals surface area contributed by atoms with Gasteiger partial charge in [0, 0.05) is 11.5 Å². The monoisotopic (exact) mass is 426 g/mol. The molecule has 162 valence electrons. The molecule has 1 aromatic carbocycles. The lowest BCUT2D eigenvalue weighted by Crippen LogP contribution is -2.53. The van der Waals surface area contributed by atoms with Crippen LogP contribution in [0, 0.1) is 11.3 Å². The van der Waals surface area contributed by atoms with E-state index >= 15 is 0 Å². The third-order valence-electron chi connectivity index (χ3n) is 4.35.